The minimum atomic E-state index is -1.08. The van der Waals surface area contributed by atoms with E-state index >= 15 is 0 Å². The smallest absolute Gasteiger partial charge is 0.337 e. The number of hydrogen-bond donors (Lipinski definition) is 2. The minimum Gasteiger partial charge on any atom is -0.478 e. The number of nitrogens with one attached hydrogen (secondary N) is 1. The maximum absolute atomic E-state index is 12.8. The van der Waals surface area contributed by atoms with Gasteiger partial charge in [0.05, 0.1) is 22.5 Å². The summed E-state index contributed by atoms with van der Waals surface area (Å²) in [6, 6.07) is 23.8. The van der Waals surface area contributed by atoms with Crippen LogP contribution in [0.25, 0.3) is 16.8 Å². The standard InChI is InChI=1S/C24H19N3O3/c1-16-21(23(28)27(26-16)19-10-6-3-7-11-19)15-25-22-13-12-18(14-20(22)24(29)30)17-8-4-2-5-9-17/h2-15,26H,1H3,(H,29,30). The zero-order valence-corrected chi connectivity index (χ0v) is 16.2. The van der Waals surface area contributed by atoms with Gasteiger partial charge >= 0.3 is 5.97 Å². The summed E-state index contributed by atoms with van der Waals surface area (Å²) in [6.45, 7) is 1.78. The van der Waals surface area contributed by atoms with Crippen molar-refractivity contribution in [3.63, 3.8) is 0 Å². The molecule has 0 unspecified atom stereocenters. The molecule has 0 spiro atoms. The number of para-hydroxylation sites is 1. The normalized spacial score (nSPS) is 11.1. The molecule has 0 aliphatic rings. The number of aromatic amines is 1. The average molecular weight is 397 g/mol. The number of aliphatic imine (C=N–C) groups is 1. The molecule has 0 bridgehead atoms. The Kier molecular flexibility index (Phi) is 5.13. The van der Waals surface area contributed by atoms with Gasteiger partial charge in [0.25, 0.3) is 5.56 Å². The second-order valence-electron chi connectivity index (χ2n) is 6.79. The number of aryl methyl sites for hydroxylation is 1. The highest BCUT2D eigenvalue weighted by Gasteiger charge is 2.13. The van der Waals surface area contributed by atoms with E-state index in [9.17, 15) is 14.7 Å². The number of carboxylic acid groups (broad SMARTS) is 1. The van der Waals surface area contributed by atoms with Gasteiger partial charge in [-0.1, -0.05) is 54.6 Å². The van der Waals surface area contributed by atoms with Gasteiger partial charge < -0.3 is 5.11 Å². The zero-order valence-electron chi connectivity index (χ0n) is 16.2. The molecular formula is C24H19N3O3. The van der Waals surface area contributed by atoms with Crippen LogP contribution in [0.3, 0.4) is 0 Å². The van der Waals surface area contributed by atoms with Gasteiger partial charge in [-0.25, -0.2) is 9.48 Å². The molecule has 4 rings (SSSR count). The van der Waals surface area contributed by atoms with E-state index in [0.717, 1.165) is 11.1 Å². The van der Waals surface area contributed by atoms with Gasteiger partial charge in [-0.2, -0.15) is 0 Å². The Labute approximate surface area is 172 Å². The molecule has 0 saturated heterocycles. The molecule has 6 nitrogen and oxygen atoms in total. The lowest BCUT2D eigenvalue weighted by Gasteiger charge is -2.06. The summed E-state index contributed by atoms with van der Waals surface area (Å²) in [4.78, 5) is 28.9. The van der Waals surface area contributed by atoms with Crippen molar-refractivity contribution in [1.29, 1.82) is 0 Å². The molecule has 1 aromatic heterocycles. The monoisotopic (exact) mass is 397 g/mol. The Balaban J connectivity index is 1.72. The summed E-state index contributed by atoms with van der Waals surface area (Å²) in [5, 5.41) is 12.7. The lowest BCUT2D eigenvalue weighted by atomic mass is 10.0. The third-order valence-corrected chi connectivity index (χ3v) is 4.80. The van der Waals surface area contributed by atoms with E-state index in [0.29, 0.717) is 16.9 Å². The van der Waals surface area contributed by atoms with Gasteiger partial charge in [-0.3, -0.25) is 14.9 Å². The Bertz CT molecular complexity index is 1290. The highest BCUT2D eigenvalue weighted by atomic mass is 16.4. The molecule has 0 aliphatic heterocycles. The van der Waals surface area contributed by atoms with Crippen LogP contribution in [-0.2, 0) is 0 Å². The van der Waals surface area contributed by atoms with Crippen LogP contribution in [0.1, 0.15) is 21.6 Å². The highest BCUT2D eigenvalue weighted by molar-refractivity contribution is 5.96. The number of nitrogens with zero attached hydrogens (tertiary/aromatic N) is 2. The first-order chi connectivity index (χ1) is 14.5. The fraction of sp³-hybridized carbons (Fsp3) is 0.0417. The summed E-state index contributed by atoms with van der Waals surface area (Å²) < 4.78 is 1.44. The third kappa shape index (κ3) is 3.71. The van der Waals surface area contributed by atoms with E-state index in [1.807, 2.05) is 66.7 Å². The summed E-state index contributed by atoms with van der Waals surface area (Å²) in [5.41, 5.74) is 3.55. The molecule has 1 heterocycles. The fourth-order valence-electron chi connectivity index (χ4n) is 3.23. The molecule has 0 atom stereocenters. The van der Waals surface area contributed by atoms with E-state index in [-0.39, 0.29) is 16.8 Å². The quantitative estimate of drug-likeness (QED) is 0.483. The van der Waals surface area contributed by atoms with Gasteiger partial charge in [0.2, 0.25) is 0 Å². The number of carboxylic acids is 1. The van der Waals surface area contributed by atoms with Crippen molar-refractivity contribution in [3.8, 4) is 16.8 Å². The van der Waals surface area contributed by atoms with Crippen LogP contribution in [0.5, 0.6) is 0 Å². The fourth-order valence-corrected chi connectivity index (χ4v) is 3.23. The average Bonchev–Trinajstić information content (AvgIpc) is 3.06. The van der Waals surface area contributed by atoms with E-state index in [4.69, 9.17) is 0 Å². The van der Waals surface area contributed by atoms with Crippen LogP contribution in [0.2, 0.25) is 0 Å². The third-order valence-electron chi connectivity index (χ3n) is 4.80. The van der Waals surface area contributed by atoms with Crippen LogP contribution >= 0.6 is 0 Å². The Hall–Kier alpha value is -4.19. The van der Waals surface area contributed by atoms with Crippen LogP contribution in [0, 0.1) is 6.92 Å². The predicted octanol–water partition coefficient (Wildman–Crippen LogP) is 4.59. The van der Waals surface area contributed by atoms with Crippen LogP contribution < -0.4 is 5.56 Å². The second-order valence-corrected chi connectivity index (χ2v) is 6.79. The molecule has 148 valence electrons. The number of rotatable bonds is 5. The summed E-state index contributed by atoms with van der Waals surface area (Å²) in [6.07, 6.45) is 1.41. The molecule has 0 radical (unpaired) electrons. The Morgan fingerprint density at radius 2 is 1.63 bits per heavy atom. The summed E-state index contributed by atoms with van der Waals surface area (Å²) in [7, 11) is 0. The van der Waals surface area contributed by atoms with Crippen molar-refractivity contribution in [1.82, 2.24) is 9.78 Å². The number of H-pyrrole nitrogens is 1. The van der Waals surface area contributed by atoms with E-state index < -0.39 is 5.97 Å². The van der Waals surface area contributed by atoms with Crippen molar-refractivity contribution in [3.05, 3.63) is 106 Å². The lowest BCUT2D eigenvalue weighted by Crippen LogP contribution is -2.17. The van der Waals surface area contributed by atoms with Gasteiger partial charge in [-0.15, -0.1) is 0 Å². The summed E-state index contributed by atoms with van der Waals surface area (Å²) in [5.74, 6) is -1.08. The largest absolute Gasteiger partial charge is 0.478 e. The molecule has 0 amide bonds. The van der Waals surface area contributed by atoms with Crippen LogP contribution in [0.4, 0.5) is 5.69 Å². The van der Waals surface area contributed by atoms with E-state index in [1.54, 1.807) is 19.1 Å². The zero-order chi connectivity index (χ0) is 21.1. The SMILES string of the molecule is Cc1[nH]n(-c2ccccc2)c(=O)c1C=Nc1ccc(-c2ccccc2)cc1C(=O)O. The molecule has 0 saturated carbocycles. The Morgan fingerprint density at radius 3 is 2.30 bits per heavy atom. The first-order valence-electron chi connectivity index (χ1n) is 9.38. The van der Waals surface area contributed by atoms with Gasteiger partial charge in [-0.05, 0) is 42.3 Å². The number of benzene rings is 3. The molecule has 30 heavy (non-hydrogen) atoms. The lowest BCUT2D eigenvalue weighted by molar-refractivity contribution is 0.0698. The van der Waals surface area contributed by atoms with Gasteiger partial charge in [0.1, 0.15) is 0 Å². The van der Waals surface area contributed by atoms with Gasteiger partial charge in [0.15, 0.2) is 0 Å². The summed E-state index contributed by atoms with van der Waals surface area (Å²) >= 11 is 0. The maximum atomic E-state index is 12.8. The molecule has 3 aromatic carbocycles. The molecule has 4 aromatic rings. The maximum Gasteiger partial charge on any atom is 0.337 e. The van der Waals surface area contributed by atoms with Crippen molar-refractivity contribution in [2.75, 3.05) is 0 Å². The van der Waals surface area contributed by atoms with Crippen molar-refractivity contribution >= 4 is 17.9 Å². The molecule has 0 fully saturated rings. The topological polar surface area (TPSA) is 87.5 Å². The van der Waals surface area contributed by atoms with Crippen LogP contribution in [0.15, 0.2) is 88.6 Å². The number of carbonyl (C=O) groups is 1. The molecular weight excluding hydrogens is 378 g/mol. The van der Waals surface area contributed by atoms with E-state index in [2.05, 4.69) is 10.1 Å². The number of aromatic carboxylic acids is 1. The highest BCUT2D eigenvalue weighted by Crippen LogP contribution is 2.27. The second kappa shape index (κ2) is 8.05. The first kappa shape index (κ1) is 19.1. The molecule has 6 heteroatoms. The number of hydrogen-bond acceptors (Lipinski definition) is 3. The van der Waals surface area contributed by atoms with E-state index in [1.165, 1.54) is 10.9 Å². The van der Waals surface area contributed by atoms with Crippen molar-refractivity contribution < 1.29 is 9.90 Å². The van der Waals surface area contributed by atoms with Crippen molar-refractivity contribution in [2.24, 2.45) is 4.99 Å². The predicted molar refractivity (Wildman–Crippen MR) is 117 cm³/mol. The van der Waals surface area contributed by atoms with Gasteiger partial charge in [0, 0.05) is 11.9 Å². The molecule has 2 N–H and O–H groups in total. The van der Waals surface area contributed by atoms with Crippen LogP contribution in [-0.4, -0.2) is 27.1 Å². The van der Waals surface area contributed by atoms with Crippen molar-refractivity contribution in [2.45, 2.75) is 6.92 Å². The Morgan fingerprint density at radius 1 is 0.967 bits per heavy atom. The molecule has 0 aliphatic carbocycles. The first-order valence-corrected chi connectivity index (χ1v) is 9.38. The minimum absolute atomic E-state index is 0.0733. The number of aromatic nitrogens is 2.